The van der Waals surface area contributed by atoms with E-state index in [0.717, 1.165) is 32.5 Å². The normalized spacial score (nSPS) is 13.9. The Kier molecular flexibility index (Phi) is 11.2. The monoisotopic (exact) mass is 410 g/mol. The van der Waals surface area contributed by atoms with Crippen molar-refractivity contribution in [3.63, 3.8) is 0 Å². The molecule has 2 rings (SSSR count). The lowest BCUT2D eigenvalue weighted by atomic mass is 9.71. The number of hydrogen-bond donors (Lipinski definition) is 0. The fraction of sp³-hybridized carbons (Fsp3) is 0.571. The maximum absolute atomic E-state index is 6.23. The van der Waals surface area contributed by atoms with Crippen LogP contribution in [0, 0.1) is 5.92 Å². The Morgan fingerprint density at radius 3 is 1.90 bits per heavy atom. The first kappa shape index (κ1) is 24.6. The van der Waals surface area contributed by atoms with E-state index in [-0.39, 0.29) is 11.5 Å². The quantitative estimate of drug-likeness (QED) is 0.285. The molecule has 2 aromatic carbocycles. The zero-order valence-electron chi connectivity index (χ0n) is 19.6. The van der Waals surface area contributed by atoms with Crippen LogP contribution in [0.3, 0.4) is 0 Å². The van der Waals surface area contributed by atoms with Crippen molar-refractivity contribution < 1.29 is 9.47 Å². The lowest BCUT2D eigenvalue weighted by Crippen LogP contribution is -2.31. The predicted octanol–water partition coefficient (Wildman–Crippen LogP) is 7.41. The molecular weight excluding hydrogens is 368 g/mol. The molecule has 2 nitrogen and oxygen atoms in total. The number of rotatable bonds is 15. The third-order valence-corrected chi connectivity index (χ3v) is 6.47. The molecule has 0 aliphatic rings. The SMILES string of the molecule is CCCCCCC(OCC)C(CCC(C)(c1ccccc1)c1ccccc1)COC. The molecule has 2 unspecified atom stereocenters. The molecule has 0 fully saturated rings. The minimum Gasteiger partial charge on any atom is -0.384 e. The van der Waals surface area contributed by atoms with Crippen LogP contribution in [0.1, 0.15) is 76.8 Å². The lowest BCUT2D eigenvalue weighted by molar-refractivity contribution is -0.0193. The summed E-state index contributed by atoms with van der Waals surface area (Å²) in [5.74, 6) is 0.420. The van der Waals surface area contributed by atoms with Gasteiger partial charge in [0.05, 0.1) is 12.7 Å². The van der Waals surface area contributed by atoms with E-state index < -0.39 is 0 Å². The van der Waals surface area contributed by atoms with Crippen LogP contribution < -0.4 is 0 Å². The van der Waals surface area contributed by atoms with Crippen LogP contribution in [-0.2, 0) is 14.9 Å². The van der Waals surface area contributed by atoms with Crippen LogP contribution in [-0.4, -0.2) is 26.4 Å². The molecule has 0 bridgehead atoms. The average Bonchev–Trinajstić information content (AvgIpc) is 2.80. The molecule has 30 heavy (non-hydrogen) atoms. The van der Waals surface area contributed by atoms with Gasteiger partial charge in [0.2, 0.25) is 0 Å². The molecule has 0 aromatic heterocycles. The average molecular weight is 411 g/mol. The number of methoxy groups -OCH3 is 1. The molecule has 2 atom stereocenters. The van der Waals surface area contributed by atoms with Crippen molar-refractivity contribution in [2.75, 3.05) is 20.3 Å². The highest BCUT2D eigenvalue weighted by atomic mass is 16.5. The van der Waals surface area contributed by atoms with E-state index in [4.69, 9.17) is 9.47 Å². The first-order valence-electron chi connectivity index (χ1n) is 11.9. The maximum atomic E-state index is 6.23. The van der Waals surface area contributed by atoms with Crippen LogP contribution in [0.5, 0.6) is 0 Å². The minimum atomic E-state index is -0.0204. The first-order chi connectivity index (χ1) is 14.7. The largest absolute Gasteiger partial charge is 0.384 e. The molecule has 166 valence electrons. The van der Waals surface area contributed by atoms with Crippen LogP contribution in [0.15, 0.2) is 60.7 Å². The van der Waals surface area contributed by atoms with Crippen LogP contribution >= 0.6 is 0 Å². The second-order valence-electron chi connectivity index (χ2n) is 8.66. The minimum absolute atomic E-state index is 0.0204. The van der Waals surface area contributed by atoms with Gasteiger partial charge in [-0.05, 0) is 37.3 Å². The first-order valence-corrected chi connectivity index (χ1v) is 11.9. The van der Waals surface area contributed by atoms with Gasteiger partial charge in [-0.25, -0.2) is 0 Å². The van der Waals surface area contributed by atoms with Crippen LogP contribution in [0.4, 0.5) is 0 Å². The van der Waals surface area contributed by atoms with Crippen molar-refractivity contribution in [2.24, 2.45) is 5.92 Å². The molecule has 0 saturated carbocycles. The van der Waals surface area contributed by atoms with Gasteiger partial charge in [-0.2, -0.15) is 0 Å². The molecule has 0 aliphatic heterocycles. The van der Waals surface area contributed by atoms with Gasteiger partial charge in [0.1, 0.15) is 0 Å². The van der Waals surface area contributed by atoms with Gasteiger partial charge < -0.3 is 9.47 Å². The second kappa shape index (κ2) is 13.6. The van der Waals surface area contributed by atoms with Gasteiger partial charge in [-0.1, -0.05) is 100 Å². The Morgan fingerprint density at radius 1 is 0.800 bits per heavy atom. The standard InChI is InChI=1S/C28H42O2/c1-5-7-8-15-20-27(30-6-2)24(23-29-4)21-22-28(3,25-16-11-9-12-17-25)26-18-13-10-14-19-26/h9-14,16-19,24,27H,5-8,15,20-23H2,1-4H3. The number of ether oxygens (including phenoxy) is 2. The Morgan fingerprint density at radius 2 is 1.40 bits per heavy atom. The molecular formula is C28H42O2. The molecule has 0 spiro atoms. The summed E-state index contributed by atoms with van der Waals surface area (Å²) < 4.78 is 11.9. The van der Waals surface area contributed by atoms with E-state index in [1.807, 2.05) is 7.11 Å². The Bertz CT molecular complexity index is 628. The molecule has 0 amide bonds. The summed E-state index contributed by atoms with van der Waals surface area (Å²) >= 11 is 0. The third-order valence-electron chi connectivity index (χ3n) is 6.47. The van der Waals surface area contributed by atoms with Gasteiger partial charge in [0.25, 0.3) is 0 Å². The van der Waals surface area contributed by atoms with Crippen molar-refractivity contribution in [2.45, 2.75) is 77.2 Å². The zero-order chi connectivity index (χ0) is 21.7. The van der Waals surface area contributed by atoms with E-state index in [0.29, 0.717) is 5.92 Å². The van der Waals surface area contributed by atoms with E-state index in [9.17, 15) is 0 Å². The van der Waals surface area contributed by atoms with E-state index >= 15 is 0 Å². The van der Waals surface area contributed by atoms with Crippen molar-refractivity contribution >= 4 is 0 Å². The molecule has 2 aromatic rings. The number of hydrogen-bond acceptors (Lipinski definition) is 2. The smallest absolute Gasteiger partial charge is 0.0625 e. The highest BCUT2D eigenvalue weighted by Gasteiger charge is 2.31. The molecule has 0 aliphatic carbocycles. The summed E-state index contributed by atoms with van der Waals surface area (Å²) in [7, 11) is 1.82. The fourth-order valence-electron chi connectivity index (χ4n) is 4.57. The molecule has 0 saturated heterocycles. The Hall–Kier alpha value is -1.64. The summed E-state index contributed by atoms with van der Waals surface area (Å²) in [5, 5.41) is 0. The number of unbranched alkanes of at least 4 members (excludes halogenated alkanes) is 3. The Balaban J connectivity index is 2.18. The molecule has 0 radical (unpaired) electrons. The highest BCUT2D eigenvalue weighted by molar-refractivity contribution is 5.38. The molecule has 2 heteroatoms. The van der Waals surface area contributed by atoms with Crippen LogP contribution in [0.2, 0.25) is 0 Å². The lowest BCUT2D eigenvalue weighted by Gasteiger charge is -2.34. The van der Waals surface area contributed by atoms with Gasteiger partial charge in [-0.15, -0.1) is 0 Å². The highest BCUT2D eigenvalue weighted by Crippen LogP contribution is 2.38. The Labute approximate surface area is 185 Å². The van der Waals surface area contributed by atoms with Crippen molar-refractivity contribution in [3.8, 4) is 0 Å². The van der Waals surface area contributed by atoms with Crippen LogP contribution in [0.25, 0.3) is 0 Å². The molecule has 0 heterocycles. The van der Waals surface area contributed by atoms with E-state index in [1.165, 1.54) is 36.8 Å². The summed E-state index contributed by atoms with van der Waals surface area (Å²) in [5.41, 5.74) is 2.74. The summed E-state index contributed by atoms with van der Waals surface area (Å²) in [6.45, 7) is 8.30. The fourth-order valence-corrected chi connectivity index (χ4v) is 4.57. The van der Waals surface area contributed by atoms with Gasteiger partial charge >= 0.3 is 0 Å². The van der Waals surface area contributed by atoms with Gasteiger partial charge in [-0.3, -0.25) is 0 Å². The molecule has 0 N–H and O–H groups in total. The summed E-state index contributed by atoms with van der Waals surface area (Å²) in [6.07, 6.45) is 8.71. The van der Waals surface area contributed by atoms with Crippen molar-refractivity contribution in [1.29, 1.82) is 0 Å². The van der Waals surface area contributed by atoms with Gasteiger partial charge in [0, 0.05) is 25.0 Å². The van der Waals surface area contributed by atoms with Crippen molar-refractivity contribution in [3.05, 3.63) is 71.8 Å². The van der Waals surface area contributed by atoms with E-state index in [2.05, 4.69) is 81.4 Å². The topological polar surface area (TPSA) is 18.5 Å². The maximum Gasteiger partial charge on any atom is 0.0625 e. The van der Waals surface area contributed by atoms with E-state index in [1.54, 1.807) is 0 Å². The number of benzene rings is 2. The predicted molar refractivity (Wildman–Crippen MR) is 128 cm³/mol. The zero-order valence-corrected chi connectivity index (χ0v) is 19.6. The summed E-state index contributed by atoms with van der Waals surface area (Å²) in [4.78, 5) is 0. The second-order valence-corrected chi connectivity index (χ2v) is 8.66. The van der Waals surface area contributed by atoms with Crippen molar-refractivity contribution in [1.82, 2.24) is 0 Å². The van der Waals surface area contributed by atoms with Gasteiger partial charge in [0.15, 0.2) is 0 Å². The third kappa shape index (κ3) is 7.25. The summed E-state index contributed by atoms with van der Waals surface area (Å²) in [6, 6.07) is 21.9.